The Kier molecular flexibility index (Phi) is 33.7. The molecule has 1 aromatic carbocycles. The van der Waals surface area contributed by atoms with E-state index in [2.05, 4.69) is 251 Å². The zero-order valence-corrected chi connectivity index (χ0v) is 63.0. The van der Waals surface area contributed by atoms with E-state index in [0.717, 1.165) is 61.8 Å². The van der Waals surface area contributed by atoms with E-state index in [1.165, 1.54) is 106 Å². The van der Waals surface area contributed by atoms with Crippen LogP contribution in [0.1, 0.15) is 210 Å². The third-order valence-electron chi connectivity index (χ3n) is 17.5. The summed E-state index contributed by atoms with van der Waals surface area (Å²) in [5, 5.41) is 10.3. The summed E-state index contributed by atoms with van der Waals surface area (Å²) in [6.45, 7) is 68.9. The van der Waals surface area contributed by atoms with E-state index < -0.39 is 0 Å². The van der Waals surface area contributed by atoms with Gasteiger partial charge < -0.3 is 43.3 Å². The Hall–Kier alpha value is -5.61. The summed E-state index contributed by atoms with van der Waals surface area (Å²) in [5.41, 5.74) is 25.8. The number of fused-ring (bicyclic) bond motifs is 1. The number of rotatable bonds is 8. The highest BCUT2D eigenvalue weighted by atomic mass is 79.9. The van der Waals surface area contributed by atoms with Crippen LogP contribution < -0.4 is 20.4 Å². The average Bonchev–Trinajstić information content (AvgIpc) is 1.79. The molecule has 2 aliphatic heterocycles. The highest BCUT2D eigenvalue weighted by molar-refractivity contribution is 9.10. The maximum atomic E-state index is 12.4. The molecule has 3 N–H and O–H groups in total. The summed E-state index contributed by atoms with van der Waals surface area (Å²) < 4.78 is 25.1. The lowest BCUT2D eigenvalue weighted by Crippen LogP contribution is -2.43. The summed E-state index contributed by atoms with van der Waals surface area (Å²) in [5.74, 6) is 0.945. The van der Waals surface area contributed by atoms with E-state index in [0.29, 0.717) is 6.54 Å². The van der Waals surface area contributed by atoms with Gasteiger partial charge in [-0.25, -0.2) is 4.98 Å². The number of aliphatic hydroxyl groups excluding tert-OH is 1. The minimum Gasteiger partial charge on any atom is -0.399 e. The van der Waals surface area contributed by atoms with Crippen molar-refractivity contribution in [3.63, 3.8) is 0 Å². The molecule has 6 aromatic heterocycles. The van der Waals surface area contributed by atoms with Crippen LogP contribution in [-0.2, 0) is 55.5 Å². The van der Waals surface area contributed by atoms with Crippen molar-refractivity contribution in [3.8, 4) is 11.1 Å². The number of carbonyl (C=O) groups is 1. The highest BCUT2D eigenvalue weighted by Gasteiger charge is 2.54. The smallest absolute Gasteiger partial charge is 0.399 e. The molecule has 0 bridgehead atoms. The van der Waals surface area contributed by atoms with Crippen LogP contribution in [0.4, 0.5) is 5.82 Å². The zero-order chi connectivity index (χ0) is 68.0. The van der Waals surface area contributed by atoms with Gasteiger partial charge in [0.15, 0.2) is 7.05 Å². The number of H-pyrrole nitrogens is 1. The molecule has 0 saturated carbocycles. The number of aromatic nitrogens is 7. The first kappa shape index (κ1) is 80.4. The van der Waals surface area contributed by atoms with Gasteiger partial charge in [-0.05, 0) is 245 Å². The lowest BCUT2D eigenvalue weighted by molar-refractivity contribution is -0.758. The van der Waals surface area contributed by atoms with Crippen molar-refractivity contribution in [2.45, 2.75) is 258 Å². The van der Waals surface area contributed by atoms with Gasteiger partial charge in [-0.1, -0.05) is 53.7 Å². The molecule has 2 aliphatic rings. The number of carbonyl (C=O) groups excluding carboxylic acids is 1. The van der Waals surface area contributed by atoms with Crippen LogP contribution in [0.25, 0.3) is 11.1 Å². The quantitative estimate of drug-likeness (QED) is 0.103. The highest BCUT2D eigenvalue weighted by Crippen LogP contribution is 2.38. The molecule has 0 radical (unpaired) electrons. The first-order chi connectivity index (χ1) is 41.4. The van der Waals surface area contributed by atoms with Gasteiger partial charge in [0.2, 0.25) is 5.69 Å². The second-order valence-corrected chi connectivity index (χ2v) is 23.8. The SMILES string of the molecule is CC.CC.CC.CCO.CCn1c(C)c(B2OC(C)(C)C(C)(C)O2)c(C)[n+]1C.CCn1c(C)c(C)c(-c2ccc(N3CCc4cccc(C(=O)NC)c4C3)nc2C)c1C.CCn1c(C)c(C)c(Br)c1C.CCn1c(C)cc(C)c1C.Cc1cc(C)c(C)[nH]1. The number of amides is 1. The molecule has 0 atom stereocenters. The van der Waals surface area contributed by atoms with E-state index in [9.17, 15) is 4.79 Å². The van der Waals surface area contributed by atoms with Gasteiger partial charge in [-0.15, -0.1) is 4.68 Å². The van der Waals surface area contributed by atoms with Crippen LogP contribution in [0.3, 0.4) is 0 Å². The van der Waals surface area contributed by atoms with Crippen LogP contribution in [0.5, 0.6) is 0 Å². The molecule has 1 amide bonds. The second kappa shape index (κ2) is 36.9. The summed E-state index contributed by atoms with van der Waals surface area (Å²) in [6, 6.07) is 14.8. The number of nitrogens with one attached hydrogen (secondary N) is 2. The molecule has 0 aliphatic carbocycles. The van der Waals surface area contributed by atoms with Crippen LogP contribution in [-0.4, -0.2) is 77.9 Å². The number of hydrogen-bond acceptors (Lipinski definition) is 6. The van der Waals surface area contributed by atoms with Crippen molar-refractivity contribution in [2.24, 2.45) is 7.05 Å². The maximum Gasteiger partial charge on any atom is 0.503 e. The molecule has 13 nitrogen and oxygen atoms in total. The lowest BCUT2D eigenvalue weighted by atomic mass is 9.77. The van der Waals surface area contributed by atoms with Crippen LogP contribution in [0.15, 0.2) is 46.9 Å². The number of nitrogens with zero attached hydrogens (tertiary/aromatic N) is 7. The minimum absolute atomic E-state index is 0.0278. The first-order valence-corrected chi connectivity index (χ1v) is 33.5. The molecule has 1 saturated heterocycles. The fourth-order valence-electron chi connectivity index (χ4n) is 11.6. The first-order valence-electron chi connectivity index (χ1n) is 32.7. The number of hydrogen-bond donors (Lipinski definition) is 3. The minimum atomic E-state index is -0.288. The van der Waals surface area contributed by atoms with Crippen molar-refractivity contribution in [1.29, 1.82) is 0 Å². The summed E-state index contributed by atoms with van der Waals surface area (Å²) >= 11 is 3.57. The average molecular weight is 1280 g/mol. The summed E-state index contributed by atoms with van der Waals surface area (Å²) in [7, 11) is 3.49. The maximum absolute atomic E-state index is 12.4. The van der Waals surface area contributed by atoms with E-state index >= 15 is 0 Å². The Balaban J connectivity index is 0.000000579. The molecule has 0 spiro atoms. The number of benzene rings is 1. The Labute approximate surface area is 544 Å². The molecular weight excluding hydrogens is 1160 g/mol. The summed E-state index contributed by atoms with van der Waals surface area (Å²) in [6.07, 6.45) is 0.916. The van der Waals surface area contributed by atoms with Crippen molar-refractivity contribution in [1.82, 2.24) is 33.7 Å². The van der Waals surface area contributed by atoms with Crippen molar-refractivity contribution < 1.29 is 23.9 Å². The van der Waals surface area contributed by atoms with E-state index in [1.807, 2.05) is 53.7 Å². The predicted molar refractivity (Wildman–Crippen MR) is 381 cm³/mol. The second-order valence-electron chi connectivity index (χ2n) is 23.1. The van der Waals surface area contributed by atoms with Gasteiger partial charge in [0.05, 0.1) is 28.9 Å². The number of anilines is 1. The lowest BCUT2D eigenvalue weighted by Gasteiger charge is -2.32. The van der Waals surface area contributed by atoms with Gasteiger partial charge >= 0.3 is 7.12 Å². The predicted octanol–water partition coefficient (Wildman–Crippen LogP) is 16.6. The Morgan fingerprint density at radius 2 is 1.22 bits per heavy atom. The number of aryl methyl sites for hydroxylation is 6. The fourth-order valence-corrected chi connectivity index (χ4v) is 12.1. The van der Waals surface area contributed by atoms with E-state index in [1.54, 1.807) is 14.0 Å². The Morgan fingerprint density at radius 1 is 0.693 bits per heavy atom. The summed E-state index contributed by atoms with van der Waals surface area (Å²) in [4.78, 5) is 22.9. The number of pyridine rings is 1. The molecule has 0 unspecified atom stereocenters. The van der Waals surface area contributed by atoms with Gasteiger partial charge in [0, 0.05) is 126 Å². The molecule has 9 rings (SSSR count). The third kappa shape index (κ3) is 19.0. The number of aliphatic hydroxyl groups is 1. The molecule has 7 aromatic rings. The van der Waals surface area contributed by atoms with Gasteiger partial charge in [-0.2, -0.15) is 4.68 Å². The Morgan fingerprint density at radius 3 is 1.58 bits per heavy atom. The monoisotopic (exact) mass is 1280 g/mol. The van der Waals surface area contributed by atoms with Gasteiger partial charge in [-0.3, -0.25) is 4.79 Å². The normalized spacial score (nSPS) is 13.1. The van der Waals surface area contributed by atoms with Crippen molar-refractivity contribution in [2.75, 3.05) is 25.1 Å². The van der Waals surface area contributed by atoms with Gasteiger partial charge in [0.25, 0.3) is 5.91 Å². The number of halogens is 1. The zero-order valence-electron chi connectivity index (χ0n) is 61.5. The fraction of sp³-hybridized carbons (Fsp3) is 0.575. The third-order valence-corrected chi connectivity index (χ3v) is 18.7. The van der Waals surface area contributed by atoms with Crippen molar-refractivity contribution in [3.05, 3.63) is 149 Å². The molecule has 8 heterocycles. The molecular formula is C73H122BBrN9O4+. The Bertz CT molecular complexity index is 3230. The van der Waals surface area contributed by atoms with Gasteiger partial charge in [0.1, 0.15) is 5.82 Å². The van der Waals surface area contributed by atoms with E-state index in [-0.39, 0.29) is 30.8 Å². The van der Waals surface area contributed by atoms with Crippen molar-refractivity contribution >= 4 is 40.2 Å². The van der Waals surface area contributed by atoms with Crippen LogP contribution in [0, 0.1) is 104 Å². The van der Waals surface area contributed by atoms with Crippen LogP contribution in [0.2, 0.25) is 0 Å². The van der Waals surface area contributed by atoms with E-state index in [4.69, 9.17) is 19.4 Å². The molecule has 88 heavy (non-hydrogen) atoms. The molecule has 492 valence electrons. The largest absolute Gasteiger partial charge is 0.503 e. The van der Waals surface area contributed by atoms with Crippen LogP contribution >= 0.6 is 15.9 Å². The standard InChI is InChI=1S/C26H32N4O.C14H26BN2O2.C9H14BrN.C9H15N.C7H11N.C2H6O.3C2H6/c1-7-30-18(4)16(2)25(19(30)5)21-11-12-24(28-17(21)3)29-14-13-20-9-8-10-22(23(20)15-29)26(31)27-6;1-9-17-11(3)12(10(2)16(17)8)15-18-13(4,5)14(6,7)19-15;1-5-11-7(3)6(2)9(10)8(11)4;1-5-10-8(3)6-7(2)9(10)4;1-5-4-6(2)8-7(5)3;1-2-3;3*1-2/h8-12H,7,13-15H2,1-6H3,(H,27,31);9H2,1-8H3;5H2,1-4H3;6H,5H2,1-4H3;4,8H,1-3H3;3H,2H2,1H3;3*1-2H3/q;+1;;;;;;;. The topological polar surface area (TPSA) is 123 Å². The number of aromatic amines is 1. The molecule has 1 fully saturated rings. The molecule has 15 heteroatoms.